The molecule has 0 aliphatic carbocycles. The Morgan fingerprint density at radius 1 is 1.37 bits per heavy atom. The second-order valence-corrected chi connectivity index (χ2v) is 4.88. The number of carbonyl (C=O) groups is 2. The lowest BCUT2D eigenvalue weighted by Gasteiger charge is -2.21. The van der Waals surface area contributed by atoms with Gasteiger partial charge in [-0.3, -0.25) is 0 Å². The van der Waals surface area contributed by atoms with Crippen molar-refractivity contribution in [2.45, 2.75) is 39.3 Å². The monoisotopic (exact) mass is 289 g/mol. The summed E-state index contributed by atoms with van der Waals surface area (Å²) >= 11 is 0. The minimum Gasteiger partial charge on any atom is -0.475 e. The van der Waals surface area contributed by atoms with Gasteiger partial charge in [0.15, 0.2) is 0 Å². The lowest BCUT2D eigenvalue weighted by molar-refractivity contribution is 0.0502. The van der Waals surface area contributed by atoms with Crippen molar-refractivity contribution in [1.29, 1.82) is 0 Å². The third-order valence-electron chi connectivity index (χ3n) is 2.00. The first-order valence-electron chi connectivity index (χ1n) is 5.51. The van der Waals surface area contributed by atoms with Gasteiger partial charge in [0.25, 0.3) is 0 Å². The molecule has 0 aromatic carbocycles. The van der Waals surface area contributed by atoms with Gasteiger partial charge in [0.1, 0.15) is 11.4 Å². The highest BCUT2D eigenvalue weighted by molar-refractivity contribution is 7.59. The summed E-state index contributed by atoms with van der Waals surface area (Å²) in [5.41, 5.74) is -0.584. The minimum absolute atomic E-state index is 0. The number of amides is 1. The predicted molar refractivity (Wildman–Crippen MR) is 73.8 cm³/mol. The second-order valence-electron chi connectivity index (χ2n) is 4.88. The third-order valence-corrected chi connectivity index (χ3v) is 2.00. The van der Waals surface area contributed by atoms with Gasteiger partial charge in [-0.1, -0.05) is 0 Å². The van der Waals surface area contributed by atoms with E-state index in [1.165, 1.54) is 12.1 Å². The molecule has 0 radical (unpaired) electrons. The standard InChI is InChI=1S/C12H17NO5.H2S/c1-7(13-11(16)18-12(2,3)4)8-5-6-9(17-8)10(14)15;/h5-7H,1-4H3,(H,13,16)(H,14,15);1H2/t7-;/m0./s1. The summed E-state index contributed by atoms with van der Waals surface area (Å²) in [6, 6.07) is 2.38. The largest absolute Gasteiger partial charge is 0.475 e. The molecule has 0 unspecified atom stereocenters. The lowest BCUT2D eigenvalue weighted by atomic mass is 10.2. The van der Waals surface area contributed by atoms with Gasteiger partial charge in [0.2, 0.25) is 5.76 Å². The first-order valence-corrected chi connectivity index (χ1v) is 5.51. The van der Waals surface area contributed by atoms with E-state index in [-0.39, 0.29) is 19.3 Å². The Kier molecular flexibility index (Phi) is 5.95. The Bertz CT molecular complexity index is 449. The van der Waals surface area contributed by atoms with E-state index in [4.69, 9.17) is 14.3 Å². The number of carboxylic acids is 1. The zero-order chi connectivity index (χ0) is 13.9. The van der Waals surface area contributed by atoms with Crippen LogP contribution in [0.15, 0.2) is 16.5 Å². The number of furan rings is 1. The fourth-order valence-corrected chi connectivity index (χ4v) is 1.26. The number of ether oxygens (including phenoxy) is 1. The fourth-order valence-electron chi connectivity index (χ4n) is 1.26. The Morgan fingerprint density at radius 3 is 2.37 bits per heavy atom. The molecule has 7 heteroatoms. The van der Waals surface area contributed by atoms with Crippen LogP contribution in [0, 0.1) is 0 Å². The van der Waals surface area contributed by atoms with E-state index in [2.05, 4.69) is 5.32 Å². The van der Waals surface area contributed by atoms with E-state index in [0.29, 0.717) is 5.76 Å². The van der Waals surface area contributed by atoms with Crippen LogP contribution >= 0.6 is 13.5 Å². The van der Waals surface area contributed by atoms with Crippen molar-refractivity contribution < 1.29 is 23.8 Å². The molecule has 6 nitrogen and oxygen atoms in total. The van der Waals surface area contributed by atoms with Gasteiger partial charge in [0.05, 0.1) is 6.04 Å². The van der Waals surface area contributed by atoms with Gasteiger partial charge in [0, 0.05) is 0 Å². The zero-order valence-corrected chi connectivity index (χ0v) is 12.3. The number of carboxylic acid groups (broad SMARTS) is 1. The third kappa shape index (κ3) is 5.69. The van der Waals surface area contributed by atoms with Crippen LogP contribution in [0.4, 0.5) is 4.79 Å². The summed E-state index contributed by atoms with van der Waals surface area (Å²) in [6.07, 6.45) is -0.580. The fraction of sp³-hybridized carbons (Fsp3) is 0.500. The van der Waals surface area contributed by atoms with Gasteiger partial charge in [-0.15, -0.1) is 0 Å². The van der Waals surface area contributed by atoms with Gasteiger partial charge >= 0.3 is 12.1 Å². The van der Waals surface area contributed by atoms with E-state index >= 15 is 0 Å². The Labute approximate surface area is 118 Å². The molecule has 1 amide bonds. The molecule has 19 heavy (non-hydrogen) atoms. The summed E-state index contributed by atoms with van der Waals surface area (Å²) < 4.78 is 10.1. The number of hydrogen-bond donors (Lipinski definition) is 2. The maximum absolute atomic E-state index is 11.5. The molecule has 1 aromatic rings. The Morgan fingerprint density at radius 2 is 1.95 bits per heavy atom. The van der Waals surface area contributed by atoms with Gasteiger partial charge in [-0.25, -0.2) is 9.59 Å². The van der Waals surface area contributed by atoms with Crippen LogP contribution in [0.1, 0.15) is 50.1 Å². The van der Waals surface area contributed by atoms with Crippen LogP contribution in [-0.4, -0.2) is 22.8 Å². The van der Waals surface area contributed by atoms with E-state index in [9.17, 15) is 9.59 Å². The predicted octanol–water partition coefficient (Wildman–Crippen LogP) is 2.68. The van der Waals surface area contributed by atoms with Gasteiger partial charge < -0.3 is 19.6 Å². The topological polar surface area (TPSA) is 88.8 Å². The van der Waals surface area contributed by atoms with E-state index in [1.807, 2.05) is 0 Å². The van der Waals surface area contributed by atoms with Crippen molar-refractivity contribution >= 4 is 25.6 Å². The first-order chi connectivity index (χ1) is 8.19. The van der Waals surface area contributed by atoms with Crippen LogP contribution in [0.3, 0.4) is 0 Å². The SMILES string of the molecule is C[C@H](NC(=O)OC(C)(C)C)c1ccc(C(=O)O)o1.S. The molecule has 0 saturated carbocycles. The van der Waals surface area contributed by atoms with E-state index in [1.54, 1.807) is 27.7 Å². The highest BCUT2D eigenvalue weighted by Crippen LogP contribution is 2.17. The highest BCUT2D eigenvalue weighted by atomic mass is 32.1. The van der Waals surface area contributed by atoms with Gasteiger partial charge in [-0.05, 0) is 39.8 Å². The molecule has 108 valence electrons. The van der Waals surface area contributed by atoms with Crippen LogP contribution < -0.4 is 5.32 Å². The second kappa shape index (κ2) is 6.51. The average Bonchev–Trinajstić information content (AvgIpc) is 2.62. The number of rotatable bonds is 3. The molecule has 0 bridgehead atoms. The number of aromatic carboxylic acids is 1. The van der Waals surface area contributed by atoms with Gasteiger partial charge in [-0.2, -0.15) is 13.5 Å². The molecule has 2 N–H and O–H groups in total. The van der Waals surface area contributed by atoms with E-state index < -0.39 is 23.7 Å². The molecule has 0 aliphatic heterocycles. The van der Waals surface area contributed by atoms with Crippen LogP contribution in [0.5, 0.6) is 0 Å². The summed E-state index contributed by atoms with van der Waals surface area (Å²) in [5, 5.41) is 11.3. The molecular formula is C12H19NO5S. The summed E-state index contributed by atoms with van der Waals surface area (Å²) in [4.78, 5) is 22.1. The number of alkyl carbamates (subject to hydrolysis) is 1. The molecule has 1 rings (SSSR count). The van der Waals surface area contributed by atoms with Crippen molar-refractivity contribution in [3.05, 3.63) is 23.7 Å². The van der Waals surface area contributed by atoms with Crippen LogP contribution in [-0.2, 0) is 4.74 Å². The average molecular weight is 289 g/mol. The van der Waals surface area contributed by atoms with E-state index in [0.717, 1.165) is 0 Å². The van der Waals surface area contributed by atoms with Crippen molar-refractivity contribution in [3.63, 3.8) is 0 Å². The molecule has 1 heterocycles. The van der Waals surface area contributed by atoms with Crippen LogP contribution in [0.2, 0.25) is 0 Å². The maximum atomic E-state index is 11.5. The molecule has 0 spiro atoms. The quantitative estimate of drug-likeness (QED) is 0.893. The van der Waals surface area contributed by atoms with Crippen molar-refractivity contribution in [2.75, 3.05) is 0 Å². The molecule has 1 aromatic heterocycles. The highest BCUT2D eigenvalue weighted by Gasteiger charge is 2.20. The lowest BCUT2D eigenvalue weighted by Crippen LogP contribution is -2.33. The molecular weight excluding hydrogens is 270 g/mol. The molecule has 1 atom stereocenters. The van der Waals surface area contributed by atoms with Crippen molar-refractivity contribution in [2.24, 2.45) is 0 Å². The van der Waals surface area contributed by atoms with Crippen molar-refractivity contribution in [1.82, 2.24) is 5.32 Å². The number of hydrogen-bond acceptors (Lipinski definition) is 4. The minimum atomic E-state index is -1.15. The zero-order valence-electron chi connectivity index (χ0n) is 11.3. The molecule has 0 saturated heterocycles. The molecule has 0 aliphatic rings. The Balaban J connectivity index is 0.00000324. The summed E-state index contributed by atoms with van der Waals surface area (Å²) in [7, 11) is 0. The van der Waals surface area contributed by atoms with Crippen molar-refractivity contribution in [3.8, 4) is 0 Å². The summed E-state index contributed by atoms with van der Waals surface area (Å²) in [5.74, 6) is -0.952. The molecule has 0 fully saturated rings. The number of carbonyl (C=O) groups excluding carboxylic acids is 1. The maximum Gasteiger partial charge on any atom is 0.408 e. The summed E-state index contributed by atoms with van der Waals surface area (Å²) in [6.45, 7) is 6.94. The normalized spacial score (nSPS) is 12.2. The smallest absolute Gasteiger partial charge is 0.408 e. The Hall–Kier alpha value is -1.63. The first kappa shape index (κ1) is 17.4. The number of nitrogens with one attached hydrogen (secondary N) is 1. The van der Waals surface area contributed by atoms with Crippen LogP contribution in [0.25, 0.3) is 0 Å².